The fourth-order valence-corrected chi connectivity index (χ4v) is 4.01. The number of nitrogens with zero attached hydrogens (tertiary/aromatic N) is 2. The van der Waals surface area contributed by atoms with E-state index in [-0.39, 0.29) is 29.2 Å². The van der Waals surface area contributed by atoms with E-state index in [1.54, 1.807) is 24.0 Å². The van der Waals surface area contributed by atoms with E-state index in [9.17, 15) is 18.0 Å². The molecule has 0 unspecified atom stereocenters. The normalized spacial score (nSPS) is 15.9. The molecule has 1 saturated heterocycles. The van der Waals surface area contributed by atoms with Gasteiger partial charge in [-0.3, -0.25) is 9.59 Å². The molecular weight excluding hydrogens is 356 g/mol. The third-order valence-electron chi connectivity index (χ3n) is 4.55. The van der Waals surface area contributed by atoms with Gasteiger partial charge in [-0.1, -0.05) is 17.7 Å². The number of hydrogen-bond acceptors (Lipinski definition) is 5. The monoisotopic (exact) mass is 382 g/mol. The van der Waals surface area contributed by atoms with Crippen LogP contribution in [-0.2, 0) is 24.3 Å². The lowest BCUT2D eigenvalue weighted by Gasteiger charge is -2.32. The van der Waals surface area contributed by atoms with Crippen molar-refractivity contribution >= 4 is 21.9 Å². The van der Waals surface area contributed by atoms with Crippen molar-refractivity contribution in [1.29, 1.82) is 0 Å². The Hall–Kier alpha value is -1.93. The lowest BCUT2D eigenvalue weighted by Crippen LogP contribution is -2.45. The van der Waals surface area contributed by atoms with Crippen LogP contribution in [0.1, 0.15) is 25.3 Å². The first kappa shape index (κ1) is 20.4. The summed E-state index contributed by atoms with van der Waals surface area (Å²) >= 11 is 0. The van der Waals surface area contributed by atoms with Gasteiger partial charge in [0.25, 0.3) is 0 Å². The van der Waals surface area contributed by atoms with E-state index in [2.05, 4.69) is 0 Å². The number of piperidine rings is 1. The molecule has 1 aliphatic rings. The summed E-state index contributed by atoms with van der Waals surface area (Å²) in [5.74, 6) is -0.669. The second-order valence-corrected chi connectivity index (χ2v) is 8.53. The zero-order chi connectivity index (χ0) is 19.3. The van der Waals surface area contributed by atoms with Gasteiger partial charge in [0.2, 0.25) is 15.9 Å². The van der Waals surface area contributed by atoms with Gasteiger partial charge in [0.15, 0.2) is 0 Å². The maximum Gasteiger partial charge on any atom is 0.309 e. The Morgan fingerprint density at radius 3 is 2.31 bits per heavy atom. The molecule has 1 aromatic carbocycles. The predicted molar refractivity (Wildman–Crippen MR) is 96.9 cm³/mol. The van der Waals surface area contributed by atoms with E-state index in [4.69, 9.17) is 4.74 Å². The quantitative estimate of drug-likeness (QED) is 0.695. The lowest BCUT2D eigenvalue weighted by molar-refractivity contribution is -0.151. The van der Waals surface area contributed by atoms with Crippen LogP contribution in [0.3, 0.4) is 0 Å². The van der Waals surface area contributed by atoms with Crippen molar-refractivity contribution in [3.63, 3.8) is 0 Å². The number of sulfonamides is 1. The molecule has 1 aromatic rings. The minimum absolute atomic E-state index is 0.166. The first-order chi connectivity index (χ1) is 12.3. The summed E-state index contributed by atoms with van der Waals surface area (Å²) < 4.78 is 31.2. The molecule has 7 nitrogen and oxygen atoms in total. The molecule has 0 atom stereocenters. The molecule has 0 saturated carbocycles. The Labute approximate surface area is 155 Å². The highest BCUT2D eigenvalue weighted by Crippen LogP contribution is 2.20. The van der Waals surface area contributed by atoms with Gasteiger partial charge in [0.1, 0.15) is 0 Å². The molecule has 0 radical (unpaired) electrons. The topological polar surface area (TPSA) is 84.0 Å². The van der Waals surface area contributed by atoms with Gasteiger partial charge in [0.05, 0.1) is 24.0 Å². The molecule has 1 heterocycles. The zero-order valence-corrected chi connectivity index (χ0v) is 16.3. The Kier molecular flexibility index (Phi) is 6.77. The van der Waals surface area contributed by atoms with Crippen molar-refractivity contribution in [1.82, 2.24) is 9.21 Å². The third-order valence-corrected chi connectivity index (χ3v) is 6.37. The van der Waals surface area contributed by atoms with E-state index in [0.717, 1.165) is 9.87 Å². The fourth-order valence-electron chi connectivity index (χ4n) is 2.89. The summed E-state index contributed by atoms with van der Waals surface area (Å²) in [6.07, 6.45) is 1.08. The van der Waals surface area contributed by atoms with E-state index >= 15 is 0 Å². The number of likely N-dealkylation sites (tertiary alicyclic amines) is 1. The molecule has 1 aliphatic heterocycles. The van der Waals surface area contributed by atoms with Crippen LogP contribution in [0.4, 0.5) is 0 Å². The smallest absolute Gasteiger partial charge is 0.309 e. The van der Waals surface area contributed by atoms with Gasteiger partial charge < -0.3 is 9.64 Å². The van der Waals surface area contributed by atoms with Gasteiger partial charge in [-0.15, -0.1) is 0 Å². The highest BCUT2D eigenvalue weighted by atomic mass is 32.2. The average molecular weight is 382 g/mol. The van der Waals surface area contributed by atoms with E-state index in [1.807, 2.05) is 6.92 Å². The molecule has 26 heavy (non-hydrogen) atoms. The van der Waals surface area contributed by atoms with Crippen molar-refractivity contribution in [2.45, 2.75) is 31.6 Å². The Morgan fingerprint density at radius 2 is 1.77 bits per heavy atom. The van der Waals surface area contributed by atoms with Crippen LogP contribution in [0, 0.1) is 12.8 Å². The molecule has 0 spiro atoms. The Bertz CT molecular complexity index is 737. The number of esters is 1. The van der Waals surface area contributed by atoms with Crippen LogP contribution in [0.5, 0.6) is 0 Å². The Balaban J connectivity index is 1.93. The molecule has 0 N–H and O–H groups in total. The van der Waals surface area contributed by atoms with Gasteiger partial charge in [0, 0.05) is 20.1 Å². The summed E-state index contributed by atoms with van der Waals surface area (Å²) in [4.78, 5) is 26.0. The van der Waals surface area contributed by atoms with Crippen LogP contribution < -0.4 is 0 Å². The summed E-state index contributed by atoms with van der Waals surface area (Å²) in [6, 6.07) is 6.53. The maximum atomic E-state index is 12.6. The van der Waals surface area contributed by atoms with Crippen molar-refractivity contribution in [3.8, 4) is 0 Å². The van der Waals surface area contributed by atoms with Crippen LogP contribution in [0.15, 0.2) is 29.2 Å². The first-order valence-corrected chi connectivity index (χ1v) is 10.2. The largest absolute Gasteiger partial charge is 0.466 e. The number of ether oxygens (including phenoxy) is 1. The number of benzene rings is 1. The molecular formula is C18H26N2O5S. The lowest BCUT2D eigenvalue weighted by atomic mass is 9.97. The standard InChI is InChI=1S/C18H26N2O5S/c1-4-25-18(22)15-9-11-20(12-10-15)17(21)13-19(3)26(23,24)16-7-5-14(2)6-8-16/h5-8,15H,4,9-13H2,1-3H3. The number of aryl methyl sites for hydroxylation is 1. The van der Waals surface area contributed by atoms with Crippen molar-refractivity contribution in [2.75, 3.05) is 33.3 Å². The van der Waals surface area contributed by atoms with Crippen molar-refractivity contribution < 1.29 is 22.7 Å². The predicted octanol–water partition coefficient (Wildman–Crippen LogP) is 1.42. The van der Waals surface area contributed by atoms with Crippen molar-refractivity contribution in [3.05, 3.63) is 29.8 Å². The first-order valence-electron chi connectivity index (χ1n) is 8.73. The number of likely N-dealkylation sites (N-methyl/N-ethyl adjacent to an activating group) is 1. The van der Waals surface area contributed by atoms with E-state index < -0.39 is 10.0 Å². The molecule has 144 valence electrons. The average Bonchev–Trinajstić information content (AvgIpc) is 2.62. The molecule has 0 aromatic heterocycles. The SMILES string of the molecule is CCOC(=O)C1CCN(C(=O)CN(C)S(=O)(=O)c2ccc(C)cc2)CC1. The second kappa shape index (κ2) is 8.64. The minimum Gasteiger partial charge on any atom is -0.466 e. The van der Waals surface area contributed by atoms with E-state index in [0.29, 0.717) is 32.5 Å². The molecule has 1 amide bonds. The van der Waals surface area contributed by atoms with E-state index in [1.165, 1.54) is 19.2 Å². The number of carbonyl (C=O) groups is 2. The number of rotatable bonds is 6. The number of hydrogen-bond donors (Lipinski definition) is 0. The fraction of sp³-hybridized carbons (Fsp3) is 0.556. The van der Waals surface area contributed by atoms with Gasteiger partial charge in [-0.05, 0) is 38.8 Å². The second-order valence-electron chi connectivity index (χ2n) is 6.48. The minimum atomic E-state index is -3.71. The summed E-state index contributed by atoms with van der Waals surface area (Å²) in [5.41, 5.74) is 0.965. The third kappa shape index (κ3) is 4.82. The highest BCUT2D eigenvalue weighted by Gasteiger charge is 2.30. The Morgan fingerprint density at radius 1 is 1.19 bits per heavy atom. The number of carbonyl (C=O) groups excluding carboxylic acids is 2. The van der Waals surface area contributed by atoms with Crippen LogP contribution in [-0.4, -0.2) is 62.8 Å². The summed E-state index contributed by atoms with van der Waals surface area (Å²) in [7, 11) is -2.31. The van der Waals surface area contributed by atoms with Crippen LogP contribution in [0.25, 0.3) is 0 Å². The van der Waals surface area contributed by atoms with Crippen molar-refractivity contribution in [2.24, 2.45) is 5.92 Å². The molecule has 0 bridgehead atoms. The molecule has 2 rings (SSSR count). The zero-order valence-electron chi connectivity index (χ0n) is 15.5. The van der Waals surface area contributed by atoms with Crippen LogP contribution in [0.2, 0.25) is 0 Å². The van der Waals surface area contributed by atoms with Crippen LogP contribution >= 0.6 is 0 Å². The van der Waals surface area contributed by atoms with Gasteiger partial charge >= 0.3 is 5.97 Å². The molecule has 8 heteroatoms. The highest BCUT2D eigenvalue weighted by molar-refractivity contribution is 7.89. The molecule has 0 aliphatic carbocycles. The maximum absolute atomic E-state index is 12.6. The van der Waals surface area contributed by atoms with Gasteiger partial charge in [-0.25, -0.2) is 8.42 Å². The van der Waals surface area contributed by atoms with Gasteiger partial charge in [-0.2, -0.15) is 4.31 Å². The summed E-state index contributed by atoms with van der Waals surface area (Å²) in [6.45, 7) is 4.63. The summed E-state index contributed by atoms with van der Waals surface area (Å²) in [5, 5.41) is 0. The number of amides is 1. The molecule has 1 fully saturated rings.